The summed E-state index contributed by atoms with van der Waals surface area (Å²) in [6.07, 6.45) is 3.47. The fourth-order valence-corrected chi connectivity index (χ4v) is 2.18. The molecule has 2 N–H and O–H groups in total. The molecule has 1 saturated heterocycles. The molecule has 4 heteroatoms. The smallest absolute Gasteiger partial charge is 0.129 e. The van der Waals surface area contributed by atoms with Crippen molar-refractivity contribution in [3.05, 3.63) is 35.4 Å². The van der Waals surface area contributed by atoms with Gasteiger partial charge >= 0.3 is 0 Å². The second-order valence-corrected chi connectivity index (χ2v) is 4.51. The van der Waals surface area contributed by atoms with Gasteiger partial charge < -0.3 is 10.5 Å². The summed E-state index contributed by atoms with van der Waals surface area (Å²) in [4.78, 5) is 0. The fourth-order valence-electron chi connectivity index (χ4n) is 2.18. The van der Waals surface area contributed by atoms with Gasteiger partial charge in [0.1, 0.15) is 11.6 Å². The Kier molecular flexibility index (Phi) is 4.07. The average Bonchev–Trinajstić information content (AvgIpc) is 2.34. The molecule has 2 rings (SSSR count). The Morgan fingerprint density at radius 1 is 1.35 bits per heavy atom. The lowest BCUT2D eigenvalue weighted by atomic mass is 9.96. The number of hydrogen-bond acceptors (Lipinski definition) is 2. The van der Waals surface area contributed by atoms with Gasteiger partial charge in [-0.2, -0.15) is 0 Å². The van der Waals surface area contributed by atoms with Crippen LogP contribution in [0.4, 0.5) is 8.78 Å². The van der Waals surface area contributed by atoms with Gasteiger partial charge in [-0.25, -0.2) is 8.78 Å². The molecule has 0 aromatic heterocycles. The van der Waals surface area contributed by atoms with Gasteiger partial charge in [0, 0.05) is 18.7 Å². The van der Waals surface area contributed by atoms with E-state index in [2.05, 4.69) is 0 Å². The minimum absolute atomic E-state index is 0.00629. The summed E-state index contributed by atoms with van der Waals surface area (Å²) in [6, 6.07) is 3.37. The zero-order valence-electron chi connectivity index (χ0n) is 9.66. The van der Waals surface area contributed by atoms with Crippen LogP contribution in [0.3, 0.4) is 0 Å². The third kappa shape index (κ3) is 3.23. The van der Waals surface area contributed by atoms with E-state index in [0.29, 0.717) is 12.0 Å². The van der Waals surface area contributed by atoms with Crippen LogP contribution >= 0.6 is 0 Å². The Labute approximate surface area is 99.8 Å². The molecule has 2 unspecified atom stereocenters. The van der Waals surface area contributed by atoms with E-state index >= 15 is 0 Å². The highest BCUT2D eigenvalue weighted by Crippen LogP contribution is 2.19. The standard InChI is InChI=1S/C13H17F2NO/c14-10-5-4-9(11(15)8-10)7-12(16)13-3-1-2-6-17-13/h4-5,8,12-13H,1-3,6-7,16H2. The molecule has 1 aromatic carbocycles. The molecule has 0 amide bonds. The van der Waals surface area contributed by atoms with Crippen molar-refractivity contribution in [3.63, 3.8) is 0 Å². The molecule has 94 valence electrons. The topological polar surface area (TPSA) is 35.2 Å². The van der Waals surface area contributed by atoms with Crippen LogP contribution in [-0.4, -0.2) is 18.8 Å². The van der Waals surface area contributed by atoms with Gasteiger partial charge in [-0.05, 0) is 37.3 Å². The average molecular weight is 241 g/mol. The molecule has 1 heterocycles. The predicted octanol–water partition coefficient (Wildman–Crippen LogP) is 2.40. The van der Waals surface area contributed by atoms with Crippen LogP contribution in [0.15, 0.2) is 18.2 Å². The van der Waals surface area contributed by atoms with Crippen molar-refractivity contribution in [1.82, 2.24) is 0 Å². The van der Waals surface area contributed by atoms with Gasteiger partial charge in [0.05, 0.1) is 6.10 Å². The first-order valence-corrected chi connectivity index (χ1v) is 5.98. The van der Waals surface area contributed by atoms with Gasteiger partial charge in [0.25, 0.3) is 0 Å². The third-order valence-corrected chi connectivity index (χ3v) is 3.16. The summed E-state index contributed by atoms with van der Waals surface area (Å²) in [5.74, 6) is -1.09. The molecule has 0 radical (unpaired) electrons. The largest absolute Gasteiger partial charge is 0.377 e. The molecule has 2 atom stereocenters. The van der Waals surface area contributed by atoms with Crippen LogP contribution in [-0.2, 0) is 11.2 Å². The second kappa shape index (κ2) is 5.56. The number of hydrogen-bond donors (Lipinski definition) is 1. The number of ether oxygens (including phenoxy) is 1. The van der Waals surface area contributed by atoms with Gasteiger partial charge in [0.15, 0.2) is 0 Å². The maximum Gasteiger partial charge on any atom is 0.129 e. The van der Waals surface area contributed by atoms with E-state index in [1.165, 1.54) is 12.1 Å². The summed E-state index contributed by atoms with van der Waals surface area (Å²) < 4.78 is 31.7. The quantitative estimate of drug-likeness (QED) is 0.882. The maximum atomic E-state index is 13.4. The van der Waals surface area contributed by atoms with Crippen LogP contribution in [0.2, 0.25) is 0 Å². The minimum atomic E-state index is -0.561. The normalized spacial score (nSPS) is 22.4. The van der Waals surface area contributed by atoms with Crippen molar-refractivity contribution < 1.29 is 13.5 Å². The van der Waals surface area contributed by atoms with E-state index in [1.54, 1.807) is 0 Å². The molecule has 17 heavy (non-hydrogen) atoms. The Hall–Kier alpha value is -1.00. The molecule has 0 bridgehead atoms. The lowest BCUT2D eigenvalue weighted by molar-refractivity contribution is 0.000507. The molecule has 1 fully saturated rings. The highest BCUT2D eigenvalue weighted by molar-refractivity contribution is 5.19. The highest BCUT2D eigenvalue weighted by atomic mass is 19.1. The third-order valence-electron chi connectivity index (χ3n) is 3.16. The Bertz CT molecular complexity index is 378. The highest BCUT2D eigenvalue weighted by Gasteiger charge is 2.22. The van der Waals surface area contributed by atoms with Crippen molar-refractivity contribution in [2.45, 2.75) is 37.8 Å². The monoisotopic (exact) mass is 241 g/mol. The second-order valence-electron chi connectivity index (χ2n) is 4.51. The van der Waals surface area contributed by atoms with E-state index in [9.17, 15) is 8.78 Å². The number of nitrogens with two attached hydrogens (primary N) is 1. The molecule has 0 aliphatic carbocycles. The molecule has 1 aromatic rings. The van der Waals surface area contributed by atoms with Crippen molar-refractivity contribution in [1.29, 1.82) is 0 Å². The Balaban J connectivity index is 1.99. The van der Waals surface area contributed by atoms with E-state index in [0.717, 1.165) is 31.9 Å². The van der Waals surface area contributed by atoms with E-state index in [4.69, 9.17) is 10.5 Å². The van der Waals surface area contributed by atoms with Gasteiger partial charge in [-0.15, -0.1) is 0 Å². The van der Waals surface area contributed by atoms with Crippen molar-refractivity contribution in [2.24, 2.45) is 5.73 Å². The number of halogens is 2. The van der Waals surface area contributed by atoms with E-state index in [1.807, 2.05) is 0 Å². The zero-order valence-corrected chi connectivity index (χ0v) is 9.66. The van der Waals surface area contributed by atoms with E-state index in [-0.39, 0.29) is 12.1 Å². The maximum absolute atomic E-state index is 13.4. The van der Waals surface area contributed by atoms with Gasteiger partial charge in [0.2, 0.25) is 0 Å². The van der Waals surface area contributed by atoms with Crippen molar-refractivity contribution in [2.75, 3.05) is 6.61 Å². The van der Waals surface area contributed by atoms with Crippen LogP contribution in [0.5, 0.6) is 0 Å². The first-order valence-electron chi connectivity index (χ1n) is 5.98. The zero-order chi connectivity index (χ0) is 12.3. The van der Waals surface area contributed by atoms with Crippen LogP contribution in [0.25, 0.3) is 0 Å². The summed E-state index contributed by atoms with van der Waals surface area (Å²) in [6.45, 7) is 0.726. The molecule has 1 aliphatic heterocycles. The van der Waals surface area contributed by atoms with Gasteiger partial charge in [-0.1, -0.05) is 6.07 Å². The van der Waals surface area contributed by atoms with Crippen LogP contribution in [0, 0.1) is 11.6 Å². The lowest BCUT2D eigenvalue weighted by Crippen LogP contribution is -2.40. The lowest BCUT2D eigenvalue weighted by Gasteiger charge is -2.28. The summed E-state index contributed by atoms with van der Waals surface area (Å²) in [5.41, 5.74) is 6.45. The van der Waals surface area contributed by atoms with Gasteiger partial charge in [-0.3, -0.25) is 0 Å². The van der Waals surface area contributed by atoms with E-state index < -0.39 is 11.6 Å². The van der Waals surface area contributed by atoms with Crippen molar-refractivity contribution in [3.8, 4) is 0 Å². The predicted molar refractivity (Wildman–Crippen MR) is 61.6 cm³/mol. The van der Waals surface area contributed by atoms with Crippen LogP contribution < -0.4 is 5.73 Å². The fraction of sp³-hybridized carbons (Fsp3) is 0.538. The number of rotatable bonds is 3. The number of benzene rings is 1. The molecule has 1 aliphatic rings. The molecule has 2 nitrogen and oxygen atoms in total. The minimum Gasteiger partial charge on any atom is -0.377 e. The summed E-state index contributed by atoms with van der Waals surface area (Å²) >= 11 is 0. The Morgan fingerprint density at radius 2 is 2.18 bits per heavy atom. The molecular weight excluding hydrogens is 224 g/mol. The summed E-state index contributed by atoms with van der Waals surface area (Å²) in [7, 11) is 0. The molecular formula is C13H17F2NO. The summed E-state index contributed by atoms with van der Waals surface area (Å²) in [5, 5.41) is 0. The molecule has 0 saturated carbocycles. The first-order chi connectivity index (χ1) is 8.16. The first kappa shape index (κ1) is 12.5. The van der Waals surface area contributed by atoms with Crippen molar-refractivity contribution >= 4 is 0 Å². The molecule has 0 spiro atoms. The van der Waals surface area contributed by atoms with Crippen LogP contribution in [0.1, 0.15) is 24.8 Å². The Morgan fingerprint density at radius 3 is 2.82 bits per heavy atom. The SMILES string of the molecule is NC(Cc1ccc(F)cc1F)C1CCCCO1.